The highest BCUT2D eigenvalue weighted by atomic mass is 35.5. The largest absolute Gasteiger partial charge is 0.506 e. The molecule has 0 fully saturated rings. The molecule has 0 spiro atoms. The molecule has 176 valence electrons. The molecule has 0 radical (unpaired) electrons. The summed E-state index contributed by atoms with van der Waals surface area (Å²) >= 11 is 6.19. The van der Waals surface area contributed by atoms with Gasteiger partial charge in [-0.25, -0.2) is 4.98 Å². The molecule has 0 aliphatic carbocycles. The number of rotatable bonds is 9. The number of aryl methyl sites for hydroxylation is 1. The number of benzene rings is 2. The van der Waals surface area contributed by atoms with E-state index in [0.717, 1.165) is 27.3 Å². The third-order valence-corrected chi connectivity index (χ3v) is 5.45. The van der Waals surface area contributed by atoms with E-state index >= 15 is 0 Å². The van der Waals surface area contributed by atoms with Crippen molar-refractivity contribution in [2.45, 2.75) is 6.92 Å². The number of pyridine rings is 1. The Morgan fingerprint density at radius 3 is 2.42 bits per heavy atom. The summed E-state index contributed by atoms with van der Waals surface area (Å²) in [6.45, 7) is 3.61. The highest BCUT2D eigenvalue weighted by Gasteiger charge is 2.21. The Labute approximate surface area is 202 Å². The van der Waals surface area contributed by atoms with Crippen molar-refractivity contribution in [1.29, 1.82) is 0 Å². The van der Waals surface area contributed by atoms with Crippen molar-refractivity contribution < 1.29 is 24.1 Å². The zero-order valence-corrected chi connectivity index (χ0v) is 20.0. The van der Waals surface area contributed by atoms with Crippen molar-refractivity contribution in [3.8, 4) is 28.5 Å². The lowest BCUT2D eigenvalue weighted by atomic mass is 9.97. The number of hydrogen-bond acceptors (Lipinski definition) is 7. The van der Waals surface area contributed by atoms with Gasteiger partial charge in [0.25, 0.3) is 0 Å². The van der Waals surface area contributed by atoms with E-state index in [1.165, 1.54) is 0 Å². The van der Waals surface area contributed by atoms with Crippen LogP contribution in [0.15, 0.2) is 30.5 Å². The van der Waals surface area contributed by atoms with Crippen molar-refractivity contribution >= 4 is 45.8 Å². The fourth-order valence-corrected chi connectivity index (χ4v) is 3.83. The Bertz CT molecular complexity index is 1260. The van der Waals surface area contributed by atoms with Gasteiger partial charge in [-0.1, -0.05) is 11.6 Å². The molecule has 10 heteroatoms. The molecule has 0 unspecified atom stereocenters. The lowest BCUT2D eigenvalue weighted by Gasteiger charge is -2.19. The standard InChI is InChI=1S/C23H24ClN3O5.ClH/c1-13-20-15(11-19(31-8-6-29-2)22(13)32-9-7-30-3)21(26-23-16(20)12-25-27-23)14-4-5-18(28)17(24)10-14;/h4-5,10-12,28H,6-9H2,1-3H3,(H,25,26,27);1H. The molecule has 4 aromatic rings. The van der Waals surface area contributed by atoms with Crippen LogP contribution in [0.25, 0.3) is 33.1 Å². The maximum atomic E-state index is 9.86. The Balaban J connectivity index is 0.00000306. The predicted octanol–water partition coefficient (Wildman–Crippen LogP) is 4.92. The minimum absolute atomic E-state index is 0. The summed E-state index contributed by atoms with van der Waals surface area (Å²) in [4.78, 5) is 4.79. The van der Waals surface area contributed by atoms with Crippen molar-refractivity contribution in [1.82, 2.24) is 15.2 Å². The number of aromatic hydroxyl groups is 1. The van der Waals surface area contributed by atoms with Gasteiger partial charge in [-0.2, -0.15) is 5.10 Å². The first-order valence-electron chi connectivity index (χ1n) is 10.1. The number of fused-ring (bicyclic) bond motifs is 3. The van der Waals surface area contributed by atoms with E-state index < -0.39 is 0 Å². The molecular formula is C23H25Cl2N3O5. The average molecular weight is 494 g/mol. The smallest absolute Gasteiger partial charge is 0.164 e. The second-order valence-corrected chi connectivity index (χ2v) is 7.60. The van der Waals surface area contributed by atoms with E-state index in [9.17, 15) is 5.11 Å². The molecule has 0 saturated carbocycles. The van der Waals surface area contributed by atoms with Crippen LogP contribution in [0.5, 0.6) is 17.2 Å². The lowest BCUT2D eigenvalue weighted by Crippen LogP contribution is -2.10. The molecule has 0 saturated heterocycles. The second-order valence-electron chi connectivity index (χ2n) is 7.19. The highest BCUT2D eigenvalue weighted by Crippen LogP contribution is 2.43. The molecule has 2 aromatic heterocycles. The Hall–Kier alpha value is -2.78. The van der Waals surface area contributed by atoms with Crippen molar-refractivity contribution in [3.05, 3.63) is 41.0 Å². The van der Waals surface area contributed by atoms with Gasteiger partial charge in [-0.15, -0.1) is 12.4 Å². The number of methoxy groups -OCH3 is 2. The summed E-state index contributed by atoms with van der Waals surface area (Å²) in [5.41, 5.74) is 2.97. The molecule has 4 rings (SSSR count). The molecule has 0 bridgehead atoms. The summed E-state index contributed by atoms with van der Waals surface area (Å²) < 4.78 is 22.4. The van der Waals surface area contributed by atoms with Crippen LogP contribution in [0.1, 0.15) is 5.56 Å². The van der Waals surface area contributed by atoms with Crippen LogP contribution in [0.4, 0.5) is 0 Å². The maximum Gasteiger partial charge on any atom is 0.164 e. The van der Waals surface area contributed by atoms with Crippen LogP contribution < -0.4 is 9.47 Å². The summed E-state index contributed by atoms with van der Waals surface area (Å²) in [5, 5.41) is 19.9. The molecule has 2 heterocycles. The number of ether oxygens (including phenoxy) is 4. The van der Waals surface area contributed by atoms with Crippen LogP contribution in [0, 0.1) is 6.92 Å². The van der Waals surface area contributed by atoms with Gasteiger partial charge < -0.3 is 24.1 Å². The van der Waals surface area contributed by atoms with Gasteiger partial charge in [0, 0.05) is 41.5 Å². The first kappa shape index (κ1) is 24.9. The zero-order valence-electron chi connectivity index (χ0n) is 18.5. The van der Waals surface area contributed by atoms with Crippen LogP contribution in [-0.4, -0.2) is 60.9 Å². The molecule has 2 aromatic carbocycles. The van der Waals surface area contributed by atoms with Gasteiger partial charge in [-0.3, -0.25) is 5.10 Å². The Kier molecular flexibility index (Phi) is 8.20. The minimum Gasteiger partial charge on any atom is -0.506 e. The number of aromatic amines is 1. The first-order chi connectivity index (χ1) is 15.5. The predicted molar refractivity (Wildman–Crippen MR) is 130 cm³/mol. The first-order valence-corrected chi connectivity index (χ1v) is 10.5. The fourth-order valence-electron chi connectivity index (χ4n) is 3.65. The molecular weight excluding hydrogens is 469 g/mol. The quantitative estimate of drug-likeness (QED) is 0.319. The number of halogens is 2. The third-order valence-electron chi connectivity index (χ3n) is 5.15. The third kappa shape index (κ3) is 4.94. The molecule has 0 atom stereocenters. The summed E-state index contributed by atoms with van der Waals surface area (Å²) in [6.07, 6.45) is 1.75. The van der Waals surface area contributed by atoms with Crippen LogP contribution >= 0.6 is 24.0 Å². The SMILES string of the molecule is COCCOc1cc2c(-c3ccc(O)c(Cl)c3)nc3[nH]ncc3c2c(C)c1OCCOC.Cl. The molecule has 8 nitrogen and oxygen atoms in total. The second kappa shape index (κ2) is 10.9. The van der Waals surface area contributed by atoms with Gasteiger partial charge in [0.05, 0.1) is 30.1 Å². The number of nitrogens with zero attached hydrogens (tertiary/aromatic N) is 2. The lowest BCUT2D eigenvalue weighted by molar-refractivity contribution is 0.132. The monoisotopic (exact) mass is 493 g/mol. The number of H-pyrrole nitrogens is 1. The Morgan fingerprint density at radius 2 is 1.73 bits per heavy atom. The highest BCUT2D eigenvalue weighted by molar-refractivity contribution is 6.32. The van der Waals surface area contributed by atoms with E-state index in [1.807, 2.05) is 13.0 Å². The summed E-state index contributed by atoms with van der Waals surface area (Å²) in [7, 11) is 3.25. The van der Waals surface area contributed by atoms with E-state index in [0.29, 0.717) is 49.3 Å². The number of hydrogen-bond donors (Lipinski definition) is 2. The van der Waals surface area contributed by atoms with Gasteiger partial charge in [0.1, 0.15) is 19.0 Å². The van der Waals surface area contributed by atoms with Crippen molar-refractivity contribution in [2.24, 2.45) is 0 Å². The number of aromatic nitrogens is 3. The average Bonchev–Trinajstić information content (AvgIpc) is 3.25. The van der Waals surface area contributed by atoms with Crippen molar-refractivity contribution in [3.63, 3.8) is 0 Å². The van der Waals surface area contributed by atoms with E-state index in [1.54, 1.807) is 38.6 Å². The van der Waals surface area contributed by atoms with Crippen LogP contribution in [0.3, 0.4) is 0 Å². The number of phenolic OH excluding ortho intramolecular Hbond substituents is 1. The maximum absolute atomic E-state index is 9.86. The van der Waals surface area contributed by atoms with Gasteiger partial charge in [0.2, 0.25) is 0 Å². The van der Waals surface area contributed by atoms with Crippen molar-refractivity contribution in [2.75, 3.05) is 40.6 Å². The van der Waals surface area contributed by atoms with E-state index in [2.05, 4.69) is 10.2 Å². The zero-order chi connectivity index (χ0) is 22.7. The number of nitrogens with one attached hydrogen (secondary N) is 1. The summed E-state index contributed by atoms with van der Waals surface area (Å²) in [6, 6.07) is 6.92. The number of phenols is 1. The molecule has 0 amide bonds. The summed E-state index contributed by atoms with van der Waals surface area (Å²) in [5.74, 6) is 1.23. The molecule has 0 aliphatic heterocycles. The molecule has 33 heavy (non-hydrogen) atoms. The van der Waals surface area contributed by atoms with Gasteiger partial charge >= 0.3 is 0 Å². The van der Waals surface area contributed by atoms with Crippen LogP contribution in [-0.2, 0) is 9.47 Å². The molecule has 0 aliphatic rings. The minimum atomic E-state index is 0. The van der Waals surface area contributed by atoms with Gasteiger partial charge in [0.15, 0.2) is 17.1 Å². The van der Waals surface area contributed by atoms with E-state index in [4.69, 9.17) is 35.5 Å². The fraction of sp³-hybridized carbons (Fsp3) is 0.304. The van der Waals surface area contributed by atoms with Crippen LogP contribution in [0.2, 0.25) is 5.02 Å². The van der Waals surface area contributed by atoms with E-state index in [-0.39, 0.29) is 23.2 Å². The molecule has 2 N–H and O–H groups in total. The van der Waals surface area contributed by atoms with Gasteiger partial charge in [-0.05, 0) is 31.2 Å². The Morgan fingerprint density at radius 1 is 1.00 bits per heavy atom. The topological polar surface area (TPSA) is 98.7 Å². The normalized spacial score (nSPS) is 11.0.